The minimum atomic E-state index is -0.148. The smallest absolute Gasteiger partial charge is 0.251 e. The molecule has 0 spiro atoms. The maximum Gasteiger partial charge on any atom is 0.251 e. The number of carbonyl (C=O) groups is 2. The molecule has 0 saturated carbocycles. The van der Waals surface area contributed by atoms with E-state index >= 15 is 0 Å². The third-order valence-corrected chi connectivity index (χ3v) is 2.41. The second-order valence-corrected chi connectivity index (χ2v) is 3.56. The van der Waals surface area contributed by atoms with Gasteiger partial charge in [0.05, 0.1) is 0 Å². The van der Waals surface area contributed by atoms with E-state index in [0.29, 0.717) is 11.1 Å². The van der Waals surface area contributed by atoms with Crippen LogP contribution in [0.4, 0.5) is 0 Å². The molecule has 0 bridgehead atoms. The number of ketones is 1. The average molecular weight is 209 g/mol. The van der Waals surface area contributed by atoms with Crippen molar-refractivity contribution in [3.05, 3.63) is 29.3 Å². The number of carbonyl (C=O) groups excluding carboxylic acids is 2. The normalized spacial score (nSPS) is 9.64. The second-order valence-electron chi connectivity index (χ2n) is 2.94. The quantitative estimate of drug-likeness (QED) is 0.577. The van der Waals surface area contributed by atoms with Crippen molar-refractivity contribution in [3.63, 3.8) is 0 Å². The third kappa shape index (κ3) is 2.18. The van der Waals surface area contributed by atoms with Crippen molar-refractivity contribution >= 4 is 26.2 Å². The number of hydrogen-bond acceptors (Lipinski definition) is 2. The molecule has 0 aliphatic rings. The molecule has 0 aliphatic heterocycles. The minimum Gasteiger partial charge on any atom is -0.355 e. The molecule has 1 unspecified atom stereocenters. The van der Waals surface area contributed by atoms with E-state index in [4.69, 9.17) is 0 Å². The summed E-state index contributed by atoms with van der Waals surface area (Å²) in [6.07, 6.45) is 0. The SMILES string of the molecule is CNC(=O)c1ccc(C(C)=O)cc1P. The van der Waals surface area contributed by atoms with Crippen LogP contribution in [0.25, 0.3) is 0 Å². The van der Waals surface area contributed by atoms with Gasteiger partial charge >= 0.3 is 0 Å². The van der Waals surface area contributed by atoms with Crippen LogP contribution in [-0.2, 0) is 0 Å². The van der Waals surface area contributed by atoms with Crippen LogP contribution < -0.4 is 10.6 Å². The van der Waals surface area contributed by atoms with Crippen LogP contribution in [0.1, 0.15) is 27.6 Å². The molecule has 74 valence electrons. The van der Waals surface area contributed by atoms with Gasteiger partial charge < -0.3 is 5.32 Å². The Morgan fingerprint density at radius 3 is 2.43 bits per heavy atom. The third-order valence-electron chi connectivity index (χ3n) is 1.93. The summed E-state index contributed by atoms with van der Waals surface area (Å²) < 4.78 is 0. The van der Waals surface area contributed by atoms with Crippen LogP contribution in [-0.4, -0.2) is 18.7 Å². The average Bonchev–Trinajstić information content (AvgIpc) is 2.16. The van der Waals surface area contributed by atoms with Gasteiger partial charge in [0, 0.05) is 18.2 Å². The summed E-state index contributed by atoms with van der Waals surface area (Å²) in [4.78, 5) is 22.3. The Morgan fingerprint density at radius 1 is 1.36 bits per heavy atom. The monoisotopic (exact) mass is 209 g/mol. The molecule has 1 rings (SSSR count). The molecule has 0 radical (unpaired) electrons. The second kappa shape index (κ2) is 4.34. The van der Waals surface area contributed by atoms with Crippen molar-refractivity contribution in [2.24, 2.45) is 0 Å². The molecule has 0 saturated heterocycles. The summed E-state index contributed by atoms with van der Waals surface area (Å²) >= 11 is 0. The Kier molecular flexibility index (Phi) is 3.37. The zero-order valence-electron chi connectivity index (χ0n) is 8.13. The topological polar surface area (TPSA) is 46.2 Å². The Morgan fingerprint density at radius 2 is 2.00 bits per heavy atom. The summed E-state index contributed by atoms with van der Waals surface area (Å²) in [5, 5.41) is 3.27. The van der Waals surface area contributed by atoms with Crippen LogP contribution in [0.3, 0.4) is 0 Å². The molecule has 0 aliphatic carbocycles. The molecular weight excluding hydrogens is 197 g/mol. The van der Waals surface area contributed by atoms with E-state index in [0.717, 1.165) is 5.30 Å². The summed E-state index contributed by atoms with van der Waals surface area (Å²) in [5.74, 6) is -0.151. The highest BCUT2D eigenvalue weighted by molar-refractivity contribution is 7.27. The van der Waals surface area contributed by atoms with E-state index in [1.165, 1.54) is 6.92 Å². The van der Waals surface area contributed by atoms with Crippen molar-refractivity contribution in [2.75, 3.05) is 7.05 Å². The molecule has 14 heavy (non-hydrogen) atoms. The predicted octanol–water partition coefficient (Wildman–Crippen LogP) is 0.749. The van der Waals surface area contributed by atoms with Gasteiger partial charge in [0.1, 0.15) is 0 Å². The molecule has 3 nitrogen and oxygen atoms in total. The van der Waals surface area contributed by atoms with Gasteiger partial charge in [-0.05, 0) is 24.4 Å². The number of rotatable bonds is 2. The van der Waals surface area contributed by atoms with Gasteiger partial charge in [0.15, 0.2) is 5.78 Å². The highest BCUT2D eigenvalue weighted by Gasteiger charge is 2.08. The molecule has 1 N–H and O–H groups in total. The van der Waals surface area contributed by atoms with Gasteiger partial charge in [-0.1, -0.05) is 6.07 Å². The van der Waals surface area contributed by atoms with E-state index < -0.39 is 0 Å². The summed E-state index contributed by atoms with van der Waals surface area (Å²) in [5.41, 5.74) is 1.19. The Hall–Kier alpha value is -1.21. The number of hydrogen-bond donors (Lipinski definition) is 1. The first-order valence-electron chi connectivity index (χ1n) is 4.18. The number of nitrogens with one attached hydrogen (secondary N) is 1. The Bertz CT molecular complexity index is 388. The van der Waals surface area contributed by atoms with Crippen molar-refractivity contribution < 1.29 is 9.59 Å². The fourth-order valence-corrected chi connectivity index (χ4v) is 1.53. The van der Waals surface area contributed by atoms with Crippen LogP contribution in [0.2, 0.25) is 0 Å². The van der Waals surface area contributed by atoms with E-state index in [2.05, 4.69) is 14.6 Å². The number of Topliss-reactive ketones (excluding diaryl/α,β-unsaturated/α-hetero) is 1. The highest BCUT2D eigenvalue weighted by Crippen LogP contribution is 2.06. The van der Waals surface area contributed by atoms with Gasteiger partial charge in [0.25, 0.3) is 5.91 Å². The Balaban J connectivity index is 3.14. The lowest BCUT2D eigenvalue weighted by atomic mass is 10.1. The van der Waals surface area contributed by atoms with E-state index in [1.807, 2.05) is 0 Å². The van der Waals surface area contributed by atoms with Gasteiger partial charge in [-0.2, -0.15) is 0 Å². The van der Waals surface area contributed by atoms with Crippen molar-refractivity contribution in [3.8, 4) is 0 Å². The lowest BCUT2D eigenvalue weighted by molar-refractivity contribution is 0.0961. The molecule has 0 aromatic heterocycles. The summed E-state index contributed by atoms with van der Waals surface area (Å²) in [6, 6.07) is 5.00. The van der Waals surface area contributed by atoms with E-state index in [1.54, 1.807) is 25.2 Å². The summed E-state index contributed by atoms with van der Waals surface area (Å²) in [6.45, 7) is 1.50. The van der Waals surface area contributed by atoms with Crippen molar-refractivity contribution in [1.29, 1.82) is 0 Å². The zero-order chi connectivity index (χ0) is 10.7. The minimum absolute atomic E-state index is 0.00263. The molecular formula is C10H12NO2P. The largest absolute Gasteiger partial charge is 0.355 e. The lowest BCUT2D eigenvalue weighted by Crippen LogP contribution is -2.23. The standard InChI is InChI=1S/C10H12NO2P/c1-6(12)7-3-4-8(9(14)5-7)10(13)11-2/h3-5H,14H2,1-2H3,(H,11,13). The number of benzene rings is 1. The molecule has 0 heterocycles. The maximum atomic E-state index is 11.3. The van der Waals surface area contributed by atoms with Gasteiger partial charge in [-0.15, -0.1) is 9.24 Å². The van der Waals surface area contributed by atoms with E-state index in [9.17, 15) is 9.59 Å². The number of amides is 1. The predicted molar refractivity (Wildman–Crippen MR) is 59.2 cm³/mol. The molecule has 4 heteroatoms. The molecule has 1 amide bonds. The van der Waals surface area contributed by atoms with Gasteiger partial charge in [-0.3, -0.25) is 9.59 Å². The zero-order valence-corrected chi connectivity index (χ0v) is 9.28. The first-order valence-corrected chi connectivity index (χ1v) is 4.76. The molecule has 0 fully saturated rings. The van der Waals surface area contributed by atoms with Gasteiger partial charge in [0.2, 0.25) is 0 Å². The molecule has 1 aromatic rings. The van der Waals surface area contributed by atoms with Crippen LogP contribution >= 0.6 is 9.24 Å². The van der Waals surface area contributed by atoms with Crippen LogP contribution in [0.15, 0.2) is 18.2 Å². The first kappa shape index (κ1) is 10.9. The Labute approximate surface area is 85.1 Å². The van der Waals surface area contributed by atoms with E-state index in [-0.39, 0.29) is 11.7 Å². The molecule has 1 atom stereocenters. The molecule has 1 aromatic carbocycles. The fraction of sp³-hybridized carbons (Fsp3) is 0.200. The lowest BCUT2D eigenvalue weighted by Gasteiger charge is -2.05. The van der Waals surface area contributed by atoms with Crippen molar-refractivity contribution in [1.82, 2.24) is 5.32 Å². The highest BCUT2D eigenvalue weighted by atomic mass is 31.0. The first-order chi connectivity index (χ1) is 6.56. The fourth-order valence-electron chi connectivity index (χ4n) is 1.12. The summed E-state index contributed by atoms with van der Waals surface area (Å²) in [7, 11) is 4.03. The van der Waals surface area contributed by atoms with Crippen molar-refractivity contribution in [2.45, 2.75) is 6.92 Å². The van der Waals surface area contributed by atoms with Gasteiger partial charge in [-0.25, -0.2) is 0 Å². The van der Waals surface area contributed by atoms with Crippen LogP contribution in [0, 0.1) is 0 Å². The van der Waals surface area contributed by atoms with Crippen LogP contribution in [0.5, 0.6) is 0 Å². The maximum absolute atomic E-state index is 11.3.